The van der Waals surface area contributed by atoms with Crippen LogP contribution in [0.5, 0.6) is 0 Å². The summed E-state index contributed by atoms with van der Waals surface area (Å²) >= 11 is 0. The van der Waals surface area contributed by atoms with E-state index in [0.717, 1.165) is 18.6 Å². The number of benzene rings is 1. The zero-order valence-electron chi connectivity index (χ0n) is 10.4. The standard InChI is InChI=1S/C13H14F3N3/c1-2-7-19-10(5-6-18-19)13(17)8-3-4-9(14)12(16)11(8)15/h3-6,13H,2,7,17H2,1H3. The first kappa shape index (κ1) is 13.6. The molecule has 0 aliphatic heterocycles. The minimum atomic E-state index is -1.51. The first-order valence-corrected chi connectivity index (χ1v) is 5.97. The Morgan fingerprint density at radius 1 is 1.21 bits per heavy atom. The molecular formula is C13H14F3N3. The molecule has 2 N–H and O–H groups in total. The van der Waals surface area contributed by atoms with E-state index < -0.39 is 23.5 Å². The van der Waals surface area contributed by atoms with E-state index in [0.29, 0.717) is 12.2 Å². The van der Waals surface area contributed by atoms with E-state index in [1.807, 2.05) is 6.92 Å². The molecule has 1 atom stereocenters. The molecule has 0 fully saturated rings. The Kier molecular flexibility index (Phi) is 3.90. The predicted octanol–water partition coefficient (Wildman–Crippen LogP) is 2.76. The molecule has 102 valence electrons. The van der Waals surface area contributed by atoms with Gasteiger partial charge >= 0.3 is 0 Å². The van der Waals surface area contributed by atoms with E-state index in [4.69, 9.17) is 5.73 Å². The van der Waals surface area contributed by atoms with Crippen LogP contribution in [-0.2, 0) is 6.54 Å². The lowest BCUT2D eigenvalue weighted by Crippen LogP contribution is -2.19. The highest BCUT2D eigenvalue weighted by atomic mass is 19.2. The van der Waals surface area contributed by atoms with Gasteiger partial charge in [0.05, 0.1) is 11.7 Å². The molecule has 19 heavy (non-hydrogen) atoms. The molecule has 1 unspecified atom stereocenters. The third-order valence-corrected chi connectivity index (χ3v) is 2.90. The third-order valence-electron chi connectivity index (χ3n) is 2.90. The van der Waals surface area contributed by atoms with Gasteiger partial charge in [-0.25, -0.2) is 13.2 Å². The van der Waals surface area contributed by atoms with Crippen molar-refractivity contribution in [3.05, 3.63) is 53.1 Å². The van der Waals surface area contributed by atoms with Crippen LogP contribution in [0.25, 0.3) is 0 Å². The van der Waals surface area contributed by atoms with Crippen LogP contribution in [0.4, 0.5) is 13.2 Å². The van der Waals surface area contributed by atoms with Crippen LogP contribution in [0.2, 0.25) is 0 Å². The molecule has 0 radical (unpaired) electrons. The van der Waals surface area contributed by atoms with Gasteiger partial charge in [0.2, 0.25) is 0 Å². The summed E-state index contributed by atoms with van der Waals surface area (Å²) in [6, 6.07) is 2.78. The molecule has 0 aliphatic carbocycles. The van der Waals surface area contributed by atoms with Gasteiger partial charge in [0, 0.05) is 18.3 Å². The summed E-state index contributed by atoms with van der Waals surface area (Å²) < 4.78 is 41.4. The van der Waals surface area contributed by atoms with Crippen LogP contribution < -0.4 is 5.73 Å². The molecular weight excluding hydrogens is 255 g/mol. The molecule has 0 saturated carbocycles. The smallest absolute Gasteiger partial charge is 0.194 e. The highest BCUT2D eigenvalue weighted by Crippen LogP contribution is 2.25. The van der Waals surface area contributed by atoms with Crippen molar-refractivity contribution in [2.75, 3.05) is 0 Å². The zero-order valence-corrected chi connectivity index (χ0v) is 10.4. The number of halogens is 3. The fourth-order valence-electron chi connectivity index (χ4n) is 1.95. The van der Waals surface area contributed by atoms with Gasteiger partial charge in [0.15, 0.2) is 17.5 Å². The number of nitrogens with two attached hydrogens (primary N) is 1. The molecule has 1 aromatic carbocycles. The first-order valence-electron chi connectivity index (χ1n) is 5.97. The number of nitrogens with zero attached hydrogens (tertiary/aromatic N) is 2. The van der Waals surface area contributed by atoms with Gasteiger partial charge in [-0.15, -0.1) is 0 Å². The lowest BCUT2D eigenvalue weighted by molar-refractivity contribution is 0.436. The van der Waals surface area contributed by atoms with Crippen molar-refractivity contribution in [2.45, 2.75) is 25.9 Å². The van der Waals surface area contributed by atoms with Gasteiger partial charge in [0.25, 0.3) is 0 Å². The number of hydrogen-bond acceptors (Lipinski definition) is 2. The summed E-state index contributed by atoms with van der Waals surface area (Å²) in [7, 11) is 0. The second kappa shape index (κ2) is 5.44. The lowest BCUT2D eigenvalue weighted by atomic mass is 10.0. The minimum Gasteiger partial charge on any atom is -0.319 e. The van der Waals surface area contributed by atoms with Gasteiger partial charge in [0.1, 0.15) is 0 Å². The first-order chi connectivity index (χ1) is 9.06. The molecule has 3 nitrogen and oxygen atoms in total. The molecule has 0 aliphatic rings. The highest BCUT2D eigenvalue weighted by molar-refractivity contribution is 5.29. The van der Waals surface area contributed by atoms with Crippen molar-refractivity contribution in [1.29, 1.82) is 0 Å². The summed E-state index contributed by atoms with van der Waals surface area (Å²) in [6.07, 6.45) is 2.38. The van der Waals surface area contributed by atoms with Crippen LogP contribution in [0.1, 0.15) is 30.6 Å². The van der Waals surface area contributed by atoms with Gasteiger partial charge < -0.3 is 5.73 Å². The van der Waals surface area contributed by atoms with Gasteiger partial charge in [-0.05, 0) is 18.6 Å². The Balaban J connectivity index is 2.41. The molecule has 0 spiro atoms. The van der Waals surface area contributed by atoms with Crippen molar-refractivity contribution in [1.82, 2.24) is 9.78 Å². The van der Waals surface area contributed by atoms with Crippen LogP contribution in [-0.4, -0.2) is 9.78 Å². The molecule has 1 heterocycles. The summed E-state index contributed by atoms with van der Waals surface area (Å²) in [5.74, 6) is -3.98. The monoisotopic (exact) mass is 269 g/mol. The van der Waals surface area contributed by atoms with Crippen molar-refractivity contribution in [3.63, 3.8) is 0 Å². The van der Waals surface area contributed by atoms with Crippen LogP contribution >= 0.6 is 0 Å². The fourth-order valence-corrected chi connectivity index (χ4v) is 1.95. The minimum absolute atomic E-state index is 0.0863. The Labute approximate surface area is 108 Å². The van der Waals surface area contributed by atoms with Crippen molar-refractivity contribution < 1.29 is 13.2 Å². The molecule has 2 rings (SSSR count). The summed E-state index contributed by atoms with van der Waals surface area (Å²) in [5, 5.41) is 4.07. The molecule has 0 saturated heterocycles. The number of hydrogen-bond donors (Lipinski definition) is 1. The van der Waals surface area contributed by atoms with E-state index >= 15 is 0 Å². The number of aryl methyl sites for hydroxylation is 1. The summed E-state index contributed by atoms with van der Waals surface area (Å²) in [6.45, 7) is 2.59. The third kappa shape index (κ3) is 2.49. The average Bonchev–Trinajstić information content (AvgIpc) is 2.84. The maximum atomic E-state index is 13.7. The van der Waals surface area contributed by atoms with Gasteiger partial charge in [-0.3, -0.25) is 4.68 Å². The molecule has 0 amide bonds. The van der Waals surface area contributed by atoms with Crippen LogP contribution in [0, 0.1) is 17.5 Å². The largest absolute Gasteiger partial charge is 0.319 e. The number of aromatic nitrogens is 2. The molecule has 0 bridgehead atoms. The fraction of sp³-hybridized carbons (Fsp3) is 0.308. The Hall–Kier alpha value is -1.82. The van der Waals surface area contributed by atoms with Crippen molar-refractivity contribution in [3.8, 4) is 0 Å². The average molecular weight is 269 g/mol. The molecule has 6 heteroatoms. The Bertz CT molecular complexity index is 581. The predicted molar refractivity (Wildman–Crippen MR) is 64.9 cm³/mol. The maximum Gasteiger partial charge on any atom is 0.194 e. The zero-order chi connectivity index (χ0) is 14.0. The second-order valence-corrected chi connectivity index (χ2v) is 4.22. The quantitative estimate of drug-likeness (QED) is 0.867. The molecule has 2 aromatic rings. The second-order valence-electron chi connectivity index (χ2n) is 4.22. The van der Waals surface area contributed by atoms with Crippen molar-refractivity contribution >= 4 is 0 Å². The summed E-state index contributed by atoms with van der Waals surface area (Å²) in [4.78, 5) is 0. The van der Waals surface area contributed by atoms with E-state index in [9.17, 15) is 13.2 Å². The SMILES string of the molecule is CCCn1nccc1C(N)c1ccc(F)c(F)c1F. The number of rotatable bonds is 4. The van der Waals surface area contributed by atoms with Crippen LogP contribution in [0.15, 0.2) is 24.4 Å². The van der Waals surface area contributed by atoms with E-state index in [2.05, 4.69) is 5.10 Å². The normalized spacial score (nSPS) is 12.7. The van der Waals surface area contributed by atoms with E-state index in [1.54, 1.807) is 16.9 Å². The maximum absolute atomic E-state index is 13.7. The molecule has 1 aromatic heterocycles. The van der Waals surface area contributed by atoms with Crippen molar-refractivity contribution in [2.24, 2.45) is 5.73 Å². The Morgan fingerprint density at radius 2 is 1.95 bits per heavy atom. The lowest BCUT2D eigenvalue weighted by Gasteiger charge is -2.15. The van der Waals surface area contributed by atoms with Gasteiger partial charge in [-0.1, -0.05) is 13.0 Å². The summed E-state index contributed by atoms with van der Waals surface area (Å²) in [5.41, 5.74) is 6.40. The van der Waals surface area contributed by atoms with E-state index in [1.165, 1.54) is 0 Å². The Morgan fingerprint density at radius 3 is 2.63 bits per heavy atom. The van der Waals surface area contributed by atoms with Gasteiger partial charge in [-0.2, -0.15) is 5.10 Å². The highest BCUT2D eigenvalue weighted by Gasteiger charge is 2.21. The van der Waals surface area contributed by atoms with Crippen LogP contribution in [0.3, 0.4) is 0 Å². The van der Waals surface area contributed by atoms with E-state index in [-0.39, 0.29) is 5.56 Å². The topological polar surface area (TPSA) is 43.8 Å².